The van der Waals surface area contributed by atoms with Crippen molar-refractivity contribution in [2.75, 3.05) is 98.9 Å². The quantitative estimate of drug-likeness (QED) is 0.0631. The minimum absolute atomic E-state index is 0.0475. The number of nitrogens with one attached hydrogen (secondary N) is 3. The molecule has 3 amide bonds. The van der Waals surface area contributed by atoms with E-state index >= 15 is 0 Å². The first-order valence-electron chi connectivity index (χ1n) is 18.8. The molecule has 0 saturated heterocycles. The van der Waals surface area contributed by atoms with E-state index in [1.54, 1.807) is 0 Å². The maximum Gasteiger partial charge on any atom is 0.246 e. The first-order valence-corrected chi connectivity index (χ1v) is 18.8. The predicted molar refractivity (Wildman–Crippen MR) is 190 cm³/mol. The van der Waals surface area contributed by atoms with E-state index in [1.807, 2.05) is 0 Å². The molecule has 288 valence electrons. The van der Waals surface area contributed by atoms with E-state index in [0.29, 0.717) is 78.6 Å². The molecule has 49 heavy (non-hydrogen) atoms. The van der Waals surface area contributed by atoms with Crippen molar-refractivity contribution in [2.45, 2.75) is 110 Å². The average Bonchev–Trinajstić information content (AvgIpc) is 3.10. The molecular weight excluding hydrogens is 634 g/mol. The van der Waals surface area contributed by atoms with Gasteiger partial charge in [0.15, 0.2) is 0 Å². The summed E-state index contributed by atoms with van der Waals surface area (Å²) in [6.07, 6.45) is 20.9. The summed E-state index contributed by atoms with van der Waals surface area (Å²) >= 11 is 0. The highest BCUT2D eigenvalue weighted by Crippen LogP contribution is 2.13. The summed E-state index contributed by atoms with van der Waals surface area (Å²) in [5.74, 6) is -0.439. The third-order valence-electron chi connectivity index (χ3n) is 7.48. The normalized spacial score (nSPS) is 11.0. The van der Waals surface area contributed by atoms with Crippen LogP contribution >= 0.6 is 0 Å². The van der Waals surface area contributed by atoms with Crippen LogP contribution in [0.2, 0.25) is 0 Å². The van der Waals surface area contributed by atoms with Crippen molar-refractivity contribution in [3.05, 3.63) is 0 Å². The molecule has 0 bridgehead atoms. The standard InChI is InChI=1S/C36H69N3O10/c1-2-3-4-5-6-7-8-9-10-11-12-13-14-15-16-17-34(41)37-18-22-45-28-30-48-33-36(43)39-20-24-46-29-31-49-32-35(42)38-19-23-44-26-27-47-25-21-40/h21H,2-20,22-33H2,1H3,(H,37,41)(H,38,42)(H,39,43). The number of hydrogen-bond acceptors (Lipinski definition) is 10. The van der Waals surface area contributed by atoms with E-state index in [0.717, 1.165) is 12.8 Å². The van der Waals surface area contributed by atoms with Crippen molar-refractivity contribution in [3.63, 3.8) is 0 Å². The fourth-order valence-electron chi connectivity index (χ4n) is 4.76. The topological polar surface area (TPSA) is 160 Å². The first kappa shape index (κ1) is 46.8. The number of hydrogen-bond donors (Lipinski definition) is 3. The molecule has 0 heterocycles. The molecule has 0 aliphatic carbocycles. The van der Waals surface area contributed by atoms with E-state index in [4.69, 9.17) is 28.4 Å². The molecule has 0 radical (unpaired) electrons. The SMILES string of the molecule is CCCCCCCCCCCCCCCCCC(=O)NCCOCCOCC(=O)NCCOCCOCC(=O)NCCOCCOCC=O. The zero-order chi connectivity index (χ0) is 35.7. The molecule has 0 unspecified atom stereocenters. The van der Waals surface area contributed by atoms with Crippen molar-refractivity contribution >= 4 is 24.0 Å². The number of ether oxygens (including phenoxy) is 6. The zero-order valence-corrected chi connectivity index (χ0v) is 30.6. The lowest BCUT2D eigenvalue weighted by atomic mass is 10.0. The van der Waals surface area contributed by atoms with Crippen LogP contribution in [0.25, 0.3) is 0 Å². The summed E-state index contributed by atoms with van der Waals surface area (Å²) in [6, 6.07) is 0. The highest BCUT2D eigenvalue weighted by molar-refractivity contribution is 5.77. The number of rotatable bonds is 40. The lowest BCUT2D eigenvalue weighted by Crippen LogP contribution is -2.32. The third kappa shape index (κ3) is 40.2. The molecule has 0 fully saturated rings. The van der Waals surface area contributed by atoms with Gasteiger partial charge in [-0.25, -0.2) is 0 Å². The van der Waals surface area contributed by atoms with E-state index < -0.39 is 0 Å². The molecule has 0 atom stereocenters. The van der Waals surface area contributed by atoms with Crippen LogP contribution < -0.4 is 16.0 Å². The van der Waals surface area contributed by atoms with Crippen molar-refractivity contribution < 1.29 is 47.6 Å². The Labute approximate surface area is 295 Å². The van der Waals surface area contributed by atoms with Crippen molar-refractivity contribution in [2.24, 2.45) is 0 Å². The van der Waals surface area contributed by atoms with Crippen LogP contribution in [0.5, 0.6) is 0 Å². The van der Waals surface area contributed by atoms with Gasteiger partial charge in [0.2, 0.25) is 17.7 Å². The van der Waals surface area contributed by atoms with Crippen molar-refractivity contribution in [1.82, 2.24) is 16.0 Å². The number of unbranched alkanes of at least 4 members (excludes halogenated alkanes) is 14. The second-order valence-electron chi connectivity index (χ2n) is 11.9. The Hall–Kier alpha value is -2.16. The largest absolute Gasteiger partial charge is 0.377 e. The van der Waals surface area contributed by atoms with Crippen LogP contribution in [0.3, 0.4) is 0 Å². The summed E-state index contributed by atoms with van der Waals surface area (Å²) < 4.78 is 31.5. The smallest absolute Gasteiger partial charge is 0.246 e. The molecule has 0 aliphatic heterocycles. The van der Waals surface area contributed by atoms with Crippen LogP contribution in [0.15, 0.2) is 0 Å². The van der Waals surface area contributed by atoms with Gasteiger partial charge in [-0.1, -0.05) is 96.8 Å². The van der Waals surface area contributed by atoms with Gasteiger partial charge in [-0.15, -0.1) is 0 Å². The lowest BCUT2D eigenvalue weighted by molar-refractivity contribution is -0.127. The first-order chi connectivity index (χ1) is 24.1. The Morgan fingerprint density at radius 1 is 0.429 bits per heavy atom. The Morgan fingerprint density at radius 3 is 1.18 bits per heavy atom. The van der Waals surface area contributed by atoms with Crippen molar-refractivity contribution in [1.29, 1.82) is 0 Å². The van der Waals surface area contributed by atoms with E-state index in [1.165, 1.54) is 83.5 Å². The summed E-state index contributed by atoms with van der Waals surface area (Å²) in [5, 5.41) is 8.24. The average molecular weight is 704 g/mol. The molecule has 13 nitrogen and oxygen atoms in total. The molecule has 0 aromatic heterocycles. The van der Waals surface area contributed by atoms with E-state index in [2.05, 4.69) is 22.9 Å². The molecule has 0 rings (SSSR count). The minimum atomic E-state index is -0.258. The number of aldehydes is 1. The predicted octanol–water partition coefficient (Wildman–Crippen LogP) is 3.90. The van der Waals surface area contributed by atoms with Gasteiger partial charge in [-0.2, -0.15) is 0 Å². The molecule has 0 aromatic carbocycles. The second-order valence-corrected chi connectivity index (χ2v) is 11.9. The van der Waals surface area contributed by atoms with Gasteiger partial charge in [0.25, 0.3) is 0 Å². The van der Waals surface area contributed by atoms with Crippen LogP contribution in [-0.2, 0) is 47.6 Å². The van der Waals surface area contributed by atoms with Gasteiger partial charge in [-0.3, -0.25) is 14.4 Å². The van der Waals surface area contributed by atoms with Crippen LogP contribution in [-0.4, -0.2) is 123 Å². The Morgan fingerprint density at radius 2 is 0.776 bits per heavy atom. The fourth-order valence-corrected chi connectivity index (χ4v) is 4.76. The number of amides is 3. The molecule has 0 aliphatic rings. The van der Waals surface area contributed by atoms with Gasteiger partial charge < -0.3 is 49.2 Å². The molecular formula is C36H69N3O10. The second kappa shape index (κ2) is 40.3. The van der Waals surface area contributed by atoms with Gasteiger partial charge in [-0.05, 0) is 6.42 Å². The van der Waals surface area contributed by atoms with Crippen LogP contribution in [0, 0.1) is 0 Å². The summed E-state index contributed by atoms with van der Waals surface area (Å²) in [4.78, 5) is 45.6. The summed E-state index contributed by atoms with van der Waals surface area (Å²) in [5.41, 5.74) is 0. The zero-order valence-electron chi connectivity index (χ0n) is 30.6. The summed E-state index contributed by atoms with van der Waals surface area (Å²) in [7, 11) is 0. The molecule has 0 aromatic rings. The van der Waals surface area contributed by atoms with Crippen LogP contribution in [0.1, 0.15) is 110 Å². The number of carbonyl (C=O) groups is 4. The fraction of sp³-hybridized carbons (Fsp3) is 0.889. The maximum atomic E-state index is 12.0. The Balaban J connectivity index is 3.30. The Kier molecular flexibility index (Phi) is 38.5. The minimum Gasteiger partial charge on any atom is -0.377 e. The van der Waals surface area contributed by atoms with Gasteiger partial charge in [0, 0.05) is 26.1 Å². The monoisotopic (exact) mass is 703 g/mol. The lowest BCUT2D eigenvalue weighted by Gasteiger charge is -2.09. The van der Waals surface area contributed by atoms with Crippen LogP contribution in [0.4, 0.5) is 0 Å². The highest BCUT2D eigenvalue weighted by Gasteiger charge is 2.04. The molecule has 3 N–H and O–H groups in total. The maximum absolute atomic E-state index is 12.0. The molecule has 13 heteroatoms. The molecule has 0 spiro atoms. The molecule has 0 saturated carbocycles. The summed E-state index contributed by atoms with van der Waals surface area (Å²) in [6.45, 7) is 6.20. The number of carbonyl (C=O) groups excluding carboxylic acids is 4. The highest BCUT2D eigenvalue weighted by atomic mass is 16.5. The van der Waals surface area contributed by atoms with Gasteiger partial charge >= 0.3 is 0 Å². The van der Waals surface area contributed by atoms with Crippen molar-refractivity contribution in [3.8, 4) is 0 Å². The third-order valence-corrected chi connectivity index (χ3v) is 7.48. The van der Waals surface area contributed by atoms with Gasteiger partial charge in [0.1, 0.15) is 26.1 Å². The Bertz CT molecular complexity index is 761. The van der Waals surface area contributed by atoms with E-state index in [9.17, 15) is 19.2 Å². The van der Waals surface area contributed by atoms with E-state index in [-0.39, 0.29) is 50.8 Å². The van der Waals surface area contributed by atoms with Gasteiger partial charge in [0.05, 0.1) is 59.5 Å².